The molecule has 0 N–H and O–H groups in total. The fourth-order valence-corrected chi connectivity index (χ4v) is 14.4. The van der Waals surface area contributed by atoms with Gasteiger partial charge in [-0.3, -0.25) is 0 Å². The van der Waals surface area contributed by atoms with Gasteiger partial charge < -0.3 is 24.8 Å². The molecule has 2 aromatic carbocycles. The molecule has 2 saturated carbocycles. The third-order valence-corrected chi connectivity index (χ3v) is 15.5. The zero-order valence-corrected chi connectivity index (χ0v) is 26.0. The van der Waals surface area contributed by atoms with Crippen LogP contribution in [-0.4, -0.2) is 0 Å². The van der Waals surface area contributed by atoms with E-state index in [1.165, 1.54) is 62.5 Å². The maximum atomic E-state index is 2.71. The van der Waals surface area contributed by atoms with Crippen LogP contribution in [0.15, 0.2) is 72.8 Å². The van der Waals surface area contributed by atoms with Crippen molar-refractivity contribution >= 4 is 22.9 Å². The first kappa shape index (κ1) is 27.5. The van der Waals surface area contributed by atoms with Crippen LogP contribution in [0.3, 0.4) is 0 Å². The number of halogens is 2. The van der Waals surface area contributed by atoms with E-state index in [1.807, 2.05) is 0 Å². The summed E-state index contributed by atoms with van der Waals surface area (Å²) in [6, 6.07) is 28.1. The molecule has 2 unspecified atom stereocenters. The van der Waals surface area contributed by atoms with E-state index in [4.69, 9.17) is 0 Å². The molecule has 2 fully saturated rings. The second kappa shape index (κ2) is 12.8. The Bertz CT molecular complexity index is 1110. The molecule has 2 aliphatic rings. The molecule has 2 atom stereocenters. The van der Waals surface area contributed by atoms with Crippen molar-refractivity contribution in [3.8, 4) is 21.7 Å². The van der Waals surface area contributed by atoms with Crippen LogP contribution >= 0.6 is 16.4 Å². The topological polar surface area (TPSA) is 0 Å². The molecule has 0 radical (unpaired) electrons. The molecule has 5 heteroatoms. The summed E-state index contributed by atoms with van der Waals surface area (Å²) in [6.45, 7) is 0. The first-order valence-electron chi connectivity index (χ1n) is 12.7. The molecule has 180 valence electrons. The average molecular weight is 617 g/mol. The molecular weight excluding hydrogens is 584 g/mol. The molecule has 4 aromatic rings. The second-order valence-corrected chi connectivity index (χ2v) is 15.8. The van der Waals surface area contributed by atoms with Gasteiger partial charge in [0.25, 0.3) is 0 Å². The molecule has 0 aliphatic heterocycles. The third kappa shape index (κ3) is 6.14. The van der Waals surface area contributed by atoms with Crippen molar-refractivity contribution in [3.05, 3.63) is 83.4 Å². The Balaban J connectivity index is 0.00000144. The third-order valence-electron chi connectivity index (χ3n) is 7.66. The van der Waals surface area contributed by atoms with Crippen molar-refractivity contribution in [3.63, 3.8) is 0 Å². The Hall–Kier alpha value is -0.537. The van der Waals surface area contributed by atoms with E-state index in [1.54, 1.807) is 27.7 Å². The zero-order valence-electron chi connectivity index (χ0n) is 20.0. The van der Waals surface area contributed by atoms with Crippen LogP contribution in [0.2, 0.25) is 0 Å². The van der Waals surface area contributed by atoms with Gasteiger partial charge in [0.05, 0.1) is 0 Å². The molecular formula is C30H32Cl2P2Zr. The molecule has 2 aliphatic carbocycles. The molecule has 6 rings (SSSR count). The molecule has 0 saturated heterocycles. The van der Waals surface area contributed by atoms with Crippen LogP contribution in [0.5, 0.6) is 0 Å². The van der Waals surface area contributed by atoms with Gasteiger partial charge in [-0.2, -0.15) is 0 Å². The van der Waals surface area contributed by atoms with Gasteiger partial charge in [-0.15, -0.1) is 0 Å². The first-order valence-corrected chi connectivity index (χ1v) is 17.1. The van der Waals surface area contributed by atoms with Gasteiger partial charge in [0, 0.05) is 0 Å². The van der Waals surface area contributed by atoms with Gasteiger partial charge in [-0.1, -0.05) is 0 Å². The van der Waals surface area contributed by atoms with Gasteiger partial charge in [0.1, 0.15) is 0 Å². The monoisotopic (exact) mass is 614 g/mol. The average Bonchev–Trinajstić information content (AvgIpc) is 3.67. The minimum atomic E-state index is -0.877. The molecule has 0 amide bonds. The molecule has 2 heterocycles. The van der Waals surface area contributed by atoms with Crippen LogP contribution in [0, 0.1) is 0 Å². The van der Waals surface area contributed by atoms with Gasteiger partial charge in [-0.05, 0) is 0 Å². The van der Waals surface area contributed by atoms with Crippen LogP contribution in [-0.2, 0) is 23.2 Å². The summed E-state index contributed by atoms with van der Waals surface area (Å²) >= 11 is -0.877. The number of rotatable bonds is 6. The fraction of sp³-hybridized carbons (Fsp3) is 0.333. The van der Waals surface area contributed by atoms with Gasteiger partial charge in [-0.25, -0.2) is 0 Å². The van der Waals surface area contributed by atoms with E-state index >= 15 is 0 Å². The fourth-order valence-electron chi connectivity index (χ4n) is 5.87. The van der Waals surface area contributed by atoms with Crippen LogP contribution in [0.25, 0.3) is 21.7 Å². The number of hydrogen-bond donors (Lipinski definition) is 0. The Kier molecular flexibility index (Phi) is 10.1. The summed E-state index contributed by atoms with van der Waals surface area (Å²) in [4.78, 5) is 0. The van der Waals surface area contributed by atoms with Crippen molar-refractivity contribution in [1.29, 1.82) is 0 Å². The summed E-state index contributed by atoms with van der Waals surface area (Å²) in [5.74, 6) is 1.72. The molecule has 35 heavy (non-hydrogen) atoms. The van der Waals surface area contributed by atoms with Crippen LogP contribution < -0.4 is 31.4 Å². The van der Waals surface area contributed by atoms with Crippen LogP contribution in [0.1, 0.15) is 73.8 Å². The number of benzene rings is 2. The Labute approximate surface area is 237 Å². The van der Waals surface area contributed by atoms with Crippen molar-refractivity contribution in [2.45, 2.75) is 63.2 Å². The Morgan fingerprint density at radius 2 is 0.914 bits per heavy atom. The van der Waals surface area contributed by atoms with Crippen molar-refractivity contribution in [2.75, 3.05) is 0 Å². The van der Waals surface area contributed by atoms with Crippen molar-refractivity contribution < 1.29 is 48.0 Å². The predicted octanol–water partition coefficient (Wildman–Crippen LogP) is 2.44. The second-order valence-electron chi connectivity index (χ2n) is 9.85. The molecule has 0 nitrogen and oxygen atoms in total. The van der Waals surface area contributed by atoms with Crippen molar-refractivity contribution in [2.24, 2.45) is 0 Å². The van der Waals surface area contributed by atoms with Crippen molar-refractivity contribution in [1.82, 2.24) is 0 Å². The van der Waals surface area contributed by atoms with Gasteiger partial charge in [0.2, 0.25) is 0 Å². The van der Waals surface area contributed by atoms with Gasteiger partial charge in [0.15, 0.2) is 0 Å². The summed E-state index contributed by atoms with van der Waals surface area (Å²) < 4.78 is 3.53. The standard InChI is InChI=1S/2C15H16P.2ClH.Zr/c2*1-2-6-12(7-3-1)14-10-11-15(16-14)13-8-4-5-9-13;;;/h2*1-3,6-7,11,13,16H,4-5,8-9H2;2*1H;/q;;;;+2/p-2. The molecule has 0 spiro atoms. The summed E-state index contributed by atoms with van der Waals surface area (Å²) in [7, 11) is 1.81. The van der Waals surface area contributed by atoms with E-state index in [0.717, 1.165) is 28.2 Å². The maximum absolute atomic E-state index is 2.71. The SMILES string of the molecule is [Cl-].[Cl-].c1ccc(-c2[pH]c(C3CCCC3)c[c]2[Zr+2][c]2cc(C3CCCC3)[pH]c2-c2ccccc2)cc1. The summed E-state index contributed by atoms with van der Waals surface area (Å²) in [6.07, 6.45) is 11.4. The van der Waals surface area contributed by atoms with E-state index in [-0.39, 0.29) is 24.8 Å². The molecule has 2 aromatic heterocycles. The number of hydrogen-bond acceptors (Lipinski definition) is 0. The van der Waals surface area contributed by atoms with Gasteiger partial charge >= 0.3 is 214 Å². The van der Waals surface area contributed by atoms with Crippen LogP contribution in [0.4, 0.5) is 0 Å². The first-order chi connectivity index (χ1) is 16.3. The predicted molar refractivity (Wildman–Crippen MR) is 144 cm³/mol. The quantitative estimate of drug-likeness (QED) is 0.313. The van der Waals surface area contributed by atoms with E-state index in [9.17, 15) is 0 Å². The van der Waals surface area contributed by atoms with E-state index in [2.05, 4.69) is 72.8 Å². The van der Waals surface area contributed by atoms with E-state index in [0.29, 0.717) is 0 Å². The normalized spacial score (nSPS) is 16.5. The summed E-state index contributed by atoms with van der Waals surface area (Å²) in [5.41, 5.74) is 2.97. The summed E-state index contributed by atoms with van der Waals surface area (Å²) in [5, 5.41) is 6.94. The zero-order chi connectivity index (χ0) is 22.0. The Morgan fingerprint density at radius 3 is 1.29 bits per heavy atom. The molecule has 0 bridgehead atoms. The Morgan fingerprint density at radius 1 is 0.543 bits per heavy atom. The minimum absolute atomic E-state index is 0. The van der Waals surface area contributed by atoms with E-state index < -0.39 is 23.2 Å².